The van der Waals surface area contributed by atoms with E-state index in [1.54, 1.807) is 0 Å². The van der Waals surface area contributed by atoms with Gasteiger partial charge in [-0.25, -0.2) is 12.8 Å². The molecule has 0 aliphatic carbocycles. The van der Waals surface area contributed by atoms with Crippen LogP contribution in [0.5, 0.6) is 0 Å². The van der Waals surface area contributed by atoms with Gasteiger partial charge in [0, 0.05) is 6.26 Å². The molecular weight excluding hydrogens is 323 g/mol. The largest absolute Gasteiger partial charge is 0.391 e. The molecule has 0 spiro atoms. The summed E-state index contributed by atoms with van der Waals surface area (Å²) in [6, 6.07) is 4.35. The maximum Gasteiger partial charge on any atom is 0.155 e. The van der Waals surface area contributed by atoms with Crippen molar-refractivity contribution in [2.75, 3.05) is 6.26 Å². The van der Waals surface area contributed by atoms with E-state index in [1.807, 2.05) is 0 Å². The Morgan fingerprint density at radius 2 is 2.00 bits per heavy atom. The third-order valence-electron chi connectivity index (χ3n) is 3.17. The number of aliphatic hydroxyl groups excluding tert-OH is 1. The van der Waals surface area contributed by atoms with Gasteiger partial charge in [0.15, 0.2) is 9.84 Å². The van der Waals surface area contributed by atoms with E-state index in [0.29, 0.717) is 10.0 Å². The molecule has 3 nitrogen and oxygen atoms in total. The van der Waals surface area contributed by atoms with Gasteiger partial charge in [0.1, 0.15) is 5.82 Å². The van der Waals surface area contributed by atoms with Crippen molar-refractivity contribution in [2.45, 2.75) is 31.1 Å². The van der Waals surface area contributed by atoms with E-state index in [-0.39, 0.29) is 6.42 Å². The molecule has 0 radical (unpaired) electrons. The zero-order chi connectivity index (χ0) is 14.1. The van der Waals surface area contributed by atoms with Crippen molar-refractivity contribution in [3.05, 3.63) is 34.1 Å². The second-order valence-electron chi connectivity index (χ2n) is 4.84. The number of benzene rings is 1. The van der Waals surface area contributed by atoms with Crippen LogP contribution in [-0.2, 0) is 16.3 Å². The molecule has 0 aliphatic rings. The normalized spacial score (nSPS) is 14.6. The third-order valence-corrected chi connectivity index (χ3v) is 5.96. The highest BCUT2D eigenvalue weighted by Crippen LogP contribution is 2.24. The summed E-state index contributed by atoms with van der Waals surface area (Å²) < 4.78 is 35.3. The molecule has 1 atom stereocenters. The fraction of sp³-hybridized carbons (Fsp3) is 0.500. The van der Waals surface area contributed by atoms with E-state index in [1.165, 1.54) is 32.0 Å². The molecule has 1 aromatic rings. The Hall–Kier alpha value is -0.460. The SMILES string of the molecule is CC(C)(C(O)Cc1ccc(F)c(Br)c1)S(C)(=O)=O. The van der Waals surface area contributed by atoms with Crippen LogP contribution < -0.4 is 0 Å². The molecule has 0 saturated carbocycles. The minimum atomic E-state index is -3.38. The lowest BCUT2D eigenvalue weighted by Crippen LogP contribution is -2.44. The van der Waals surface area contributed by atoms with Gasteiger partial charge in [-0.1, -0.05) is 6.07 Å². The Bertz CT molecular complexity index is 540. The molecule has 1 rings (SSSR count). The summed E-state index contributed by atoms with van der Waals surface area (Å²) in [5.74, 6) is -0.393. The fourth-order valence-electron chi connectivity index (χ4n) is 1.38. The number of hydrogen-bond acceptors (Lipinski definition) is 3. The maximum atomic E-state index is 13.1. The van der Waals surface area contributed by atoms with E-state index in [4.69, 9.17) is 0 Å². The molecule has 0 saturated heterocycles. The Kier molecular flexibility index (Phi) is 4.56. The Morgan fingerprint density at radius 3 is 2.44 bits per heavy atom. The van der Waals surface area contributed by atoms with Gasteiger partial charge in [-0.15, -0.1) is 0 Å². The summed E-state index contributed by atoms with van der Waals surface area (Å²) in [6.45, 7) is 2.96. The lowest BCUT2D eigenvalue weighted by atomic mass is 9.98. The summed E-state index contributed by atoms with van der Waals surface area (Å²) in [7, 11) is -3.38. The molecule has 0 aromatic heterocycles. The molecule has 1 aromatic carbocycles. The third kappa shape index (κ3) is 3.30. The van der Waals surface area contributed by atoms with E-state index in [2.05, 4.69) is 15.9 Å². The molecule has 6 heteroatoms. The molecule has 0 aliphatic heterocycles. The number of aliphatic hydroxyl groups is 1. The molecule has 0 amide bonds. The van der Waals surface area contributed by atoms with Crippen molar-refractivity contribution in [1.29, 1.82) is 0 Å². The monoisotopic (exact) mass is 338 g/mol. The molecule has 0 heterocycles. The zero-order valence-electron chi connectivity index (χ0n) is 10.4. The van der Waals surface area contributed by atoms with Crippen molar-refractivity contribution < 1.29 is 17.9 Å². The Morgan fingerprint density at radius 1 is 1.44 bits per heavy atom. The van der Waals surface area contributed by atoms with E-state index >= 15 is 0 Å². The minimum absolute atomic E-state index is 0.152. The van der Waals surface area contributed by atoms with Gasteiger partial charge in [-0.3, -0.25) is 0 Å². The predicted molar refractivity (Wildman–Crippen MR) is 72.7 cm³/mol. The lowest BCUT2D eigenvalue weighted by molar-refractivity contribution is 0.138. The van der Waals surface area contributed by atoms with Crippen LogP contribution in [0.2, 0.25) is 0 Å². The molecule has 0 fully saturated rings. The molecule has 18 heavy (non-hydrogen) atoms. The molecular formula is C12H16BrFO3S. The van der Waals surface area contributed by atoms with E-state index < -0.39 is 26.5 Å². The van der Waals surface area contributed by atoms with Crippen LogP contribution in [0.15, 0.2) is 22.7 Å². The van der Waals surface area contributed by atoms with Gasteiger partial charge in [0.2, 0.25) is 0 Å². The number of halogens is 2. The lowest BCUT2D eigenvalue weighted by Gasteiger charge is -2.28. The van der Waals surface area contributed by atoms with Crippen LogP contribution in [0.3, 0.4) is 0 Å². The van der Waals surface area contributed by atoms with Crippen molar-refractivity contribution in [3.8, 4) is 0 Å². The van der Waals surface area contributed by atoms with Crippen LogP contribution >= 0.6 is 15.9 Å². The predicted octanol–water partition coefficient (Wildman–Crippen LogP) is 2.31. The molecule has 1 unspecified atom stereocenters. The Labute approximate surface area is 115 Å². The Balaban J connectivity index is 2.94. The molecule has 102 valence electrons. The van der Waals surface area contributed by atoms with Crippen LogP contribution in [-0.4, -0.2) is 30.6 Å². The summed E-state index contributed by atoms with van der Waals surface area (Å²) in [6.07, 6.45) is 0.195. The van der Waals surface area contributed by atoms with Crippen LogP contribution in [0, 0.1) is 5.82 Å². The number of sulfone groups is 1. The first-order valence-electron chi connectivity index (χ1n) is 5.37. The van der Waals surface area contributed by atoms with Gasteiger partial charge < -0.3 is 5.11 Å². The van der Waals surface area contributed by atoms with Crippen LogP contribution in [0.25, 0.3) is 0 Å². The van der Waals surface area contributed by atoms with Crippen molar-refractivity contribution in [2.24, 2.45) is 0 Å². The average molecular weight is 339 g/mol. The van der Waals surface area contributed by atoms with Crippen molar-refractivity contribution >= 4 is 25.8 Å². The fourth-order valence-corrected chi connectivity index (χ4v) is 2.39. The van der Waals surface area contributed by atoms with Gasteiger partial charge in [0.05, 0.1) is 15.3 Å². The molecule has 1 N–H and O–H groups in total. The number of hydrogen-bond donors (Lipinski definition) is 1. The van der Waals surface area contributed by atoms with Crippen LogP contribution in [0.4, 0.5) is 4.39 Å². The van der Waals surface area contributed by atoms with E-state index in [0.717, 1.165) is 6.26 Å². The highest BCUT2D eigenvalue weighted by Gasteiger charge is 2.37. The van der Waals surface area contributed by atoms with Crippen molar-refractivity contribution in [1.82, 2.24) is 0 Å². The summed E-state index contributed by atoms with van der Waals surface area (Å²) in [4.78, 5) is 0. The van der Waals surface area contributed by atoms with Gasteiger partial charge >= 0.3 is 0 Å². The minimum Gasteiger partial charge on any atom is -0.391 e. The summed E-state index contributed by atoms with van der Waals surface area (Å²) in [5, 5.41) is 10.0. The number of rotatable bonds is 4. The van der Waals surface area contributed by atoms with Gasteiger partial charge in [0.25, 0.3) is 0 Å². The molecule has 0 bridgehead atoms. The quantitative estimate of drug-likeness (QED) is 0.916. The first kappa shape index (κ1) is 15.6. The van der Waals surface area contributed by atoms with Crippen LogP contribution in [0.1, 0.15) is 19.4 Å². The zero-order valence-corrected chi connectivity index (χ0v) is 12.8. The van der Waals surface area contributed by atoms with Crippen molar-refractivity contribution in [3.63, 3.8) is 0 Å². The summed E-state index contributed by atoms with van der Waals surface area (Å²) in [5.41, 5.74) is 0.674. The van der Waals surface area contributed by atoms with E-state index in [9.17, 15) is 17.9 Å². The van der Waals surface area contributed by atoms with Gasteiger partial charge in [-0.05, 0) is 53.9 Å². The highest BCUT2D eigenvalue weighted by atomic mass is 79.9. The summed E-state index contributed by atoms with van der Waals surface area (Å²) >= 11 is 3.05. The second-order valence-corrected chi connectivity index (χ2v) is 8.29. The first-order valence-corrected chi connectivity index (χ1v) is 8.05. The highest BCUT2D eigenvalue weighted by molar-refractivity contribution is 9.10. The average Bonchev–Trinajstić information content (AvgIpc) is 2.21. The second kappa shape index (κ2) is 5.27. The standard InChI is InChI=1S/C12H16BrFO3S/c1-12(2,18(3,16)17)11(15)7-8-4-5-10(14)9(13)6-8/h4-6,11,15H,7H2,1-3H3. The first-order chi connectivity index (χ1) is 8.05. The topological polar surface area (TPSA) is 54.4 Å². The maximum absolute atomic E-state index is 13.1. The van der Waals surface area contributed by atoms with Gasteiger partial charge in [-0.2, -0.15) is 0 Å². The smallest absolute Gasteiger partial charge is 0.155 e.